The van der Waals surface area contributed by atoms with Crippen LogP contribution in [-0.4, -0.2) is 93.8 Å². The number of phenols is 1. The number of aromatic hydroxyl groups is 1. The van der Waals surface area contributed by atoms with Crippen molar-refractivity contribution in [3.05, 3.63) is 59.4 Å². The maximum atomic E-state index is 12.3. The first-order valence-corrected chi connectivity index (χ1v) is 11.6. The Balaban J connectivity index is 1.29. The van der Waals surface area contributed by atoms with Gasteiger partial charge in [0.05, 0.1) is 24.4 Å². The standard InChI is InChI=1S/C25H26O12/c26-8-16-20(29)21(30)22(31)25(36-16)37-24-18-12(7-15-19(18)14(10-34-24)23(32)35-15)9-33-17(28)6-3-11-1-4-13(27)5-2-11/h1-7,10,15-16,18-22,24-27,29-31H,8-9H2/b6-3+/t15?,16-,18-,19+,20-,21+,22-,24+,25+/m1/s1. The molecule has 0 bridgehead atoms. The van der Waals surface area contributed by atoms with Gasteiger partial charge in [0.25, 0.3) is 0 Å². The first-order valence-electron chi connectivity index (χ1n) is 11.6. The van der Waals surface area contributed by atoms with Gasteiger partial charge in [0, 0.05) is 12.0 Å². The van der Waals surface area contributed by atoms with Crippen LogP contribution in [0.5, 0.6) is 5.75 Å². The maximum absolute atomic E-state index is 12.3. The average Bonchev–Trinajstić information content (AvgIpc) is 3.41. The number of aliphatic hydroxyl groups excluding tert-OH is 4. The molecule has 2 saturated heterocycles. The maximum Gasteiger partial charge on any atom is 0.338 e. The van der Waals surface area contributed by atoms with Crippen LogP contribution in [0.4, 0.5) is 0 Å². The van der Waals surface area contributed by atoms with E-state index >= 15 is 0 Å². The normalized spacial score (nSPS) is 36.4. The lowest BCUT2D eigenvalue weighted by Crippen LogP contribution is -2.60. The summed E-state index contributed by atoms with van der Waals surface area (Å²) in [6.07, 6.45) is -3.64. The van der Waals surface area contributed by atoms with Gasteiger partial charge in [-0.05, 0) is 35.4 Å². The van der Waals surface area contributed by atoms with E-state index in [1.807, 2.05) is 0 Å². The van der Waals surface area contributed by atoms with Gasteiger partial charge in [-0.1, -0.05) is 12.1 Å². The van der Waals surface area contributed by atoms with E-state index in [0.29, 0.717) is 11.1 Å². The summed E-state index contributed by atoms with van der Waals surface area (Å²) in [6.45, 7) is -0.797. The summed E-state index contributed by atoms with van der Waals surface area (Å²) in [5, 5.41) is 49.2. The van der Waals surface area contributed by atoms with Crippen molar-refractivity contribution in [3.8, 4) is 5.75 Å². The van der Waals surface area contributed by atoms with Crippen LogP contribution in [0, 0.1) is 11.8 Å². The Morgan fingerprint density at radius 1 is 1.03 bits per heavy atom. The first-order chi connectivity index (χ1) is 17.8. The van der Waals surface area contributed by atoms with Crippen molar-refractivity contribution in [1.29, 1.82) is 0 Å². The molecule has 0 spiro atoms. The fraction of sp³-hybridized carbons (Fsp3) is 0.440. The van der Waals surface area contributed by atoms with Crippen LogP contribution in [-0.2, 0) is 33.3 Å². The van der Waals surface area contributed by atoms with Gasteiger partial charge in [-0.15, -0.1) is 0 Å². The van der Waals surface area contributed by atoms with Crippen LogP contribution < -0.4 is 0 Å². The van der Waals surface area contributed by atoms with Crippen LogP contribution in [0.2, 0.25) is 0 Å². The lowest BCUT2D eigenvalue weighted by atomic mass is 9.84. The highest BCUT2D eigenvalue weighted by Crippen LogP contribution is 2.49. The zero-order valence-corrected chi connectivity index (χ0v) is 19.3. The molecule has 2 fully saturated rings. The number of carbonyl (C=O) groups excluding carboxylic acids is 2. The molecule has 3 aliphatic heterocycles. The van der Waals surface area contributed by atoms with Gasteiger partial charge in [0.15, 0.2) is 6.29 Å². The molecule has 0 radical (unpaired) electrons. The van der Waals surface area contributed by atoms with E-state index in [4.69, 9.17) is 23.7 Å². The Labute approximate surface area is 210 Å². The molecule has 1 aromatic carbocycles. The smallest absolute Gasteiger partial charge is 0.338 e. The predicted molar refractivity (Wildman–Crippen MR) is 121 cm³/mol. The Kier molecular flexibility index (Phi) is 7.03. The molecule has 12 heteroatoms. The number of esters is 2. The second-order valence-corrected chi connectivity index (χ2v) is 9.11. The summed E-state index contributed by atoms with van der Waals surface area (Å²) >= 11 is 0. The van der Waals surface area contributed by atoms with E-state index in [1.54, 1.807) is 18.2 Å². The van der Waals surface area contributed by atoms with Crippen molar-refractivity contribution in [3.63, 3.8) is 0 Å². The Hall–Kier alpha value is -3.26. The molecule has 4 aliphatic rings. The largest absolute Gasteiger partial charge is 0.508 e. The highest BCUT2D eigenvalue weighted by Gasteiger charge is 2.56. The molecular weight excluding hydrogens is 492 g/mol. The topological polar surface area (TPSA) is 181 Å². The molecule has 37 heavy (non-hydrogen) atoms. The molecule has 9 atom stereocenters. The van der Waals surface area contributed by atoms with Crippen molar-refractivity contribution in [2.75, 3.05) is 13.2 Å². The number of benzene rings is 1. The molecule has 5 rings (SSSR count). The van der Waals surface area contributed by atoms with Crippen molar-refractivity contribution < 1.29 is 58.8 Å². The molecule has 0 saturated carbocycles. The highest BCUT2D eigenvalue weighted by molar-refractivity contribution is 5.92. The average molecular weight is 518 g/mol. The lowest BCUT2D eigenvalue weighted by Gasteiger charge is -2.42. The number of rotatable bonds is 7. The summed E-state index contributed by atoms with van der Waals surface area (Å²) in [6, 6.07) is 6.22. The SMILES string of the molecule is O=C(/C=C/c1ccc(O)cc1)OCC1=CC2OC(=O)C3=CO[C@@H](O[C@@H]4O[C@H](CO)[C@@H](O)[C@H](O)[C@H]4O)[C@H]1[C@@H]32. The molecule has 198 valence electrons. The van der Waals surface area contributed by atoms with E-state index in [9.17, 15) is 35.1 Å². The first kappa shape index (κ1) is 25.4. The third-order valence-electron chi connectivity index (χ3n) is 6.81. The third-order valence-corrected chi connectivity index (χ3v) is 6.81. The van der Waals surface area contributed by atoms with Gasteiger partial charge in [0.1, 0.15) is 42.9 Å². The van der Waals surface area contributed by atoms with Crippen molar-refractivity contribution in [2.24, 2.45) is 11.8 Å². The van der Waals surface area contributed by atoms with Crippen LogP contribution in [0.3, 0.4) is 0 Å². The lowest BCUT2D eigenvalue weighted by molar-refractivity contribution is -0.339. The fourth-order valence-corrected chi connectivity index (χ4v) is 4.89. The van der Waals surface area contributed by atoms with Gasteiger partial charge >= 0.3 is 11.9 Å². The van der Waals surface area contributed by atoms with Gasteiger partial charge in [-0.25, -0.2) is 9.59 Å². The van der Waals surface area contributed by atoms with Gasteiger partial charge in [0.2, 0.25) is 6.29 Å². The van der Waals surface area contributed by atoms with Crippen molar-refractivity contribution in [2.45, 2.75) is 43.1 Å². The summed E-state index contributed by atoms with van der Waals surface area (Å²) in [7, 11) is 0. The van der Waals surface area contributed by atoms with Crippen molar-refractivity contribution in [1.82, 2.24) is 0 Å². The monoisotopic (exact) mass is 518 g/mol. The van der Waals surface area contributed by atoms with E-state index < -0.39 is 73.5 Å². The molecule has 12 nitrogen and oxygen atoms in total. The Bertz CT molecular complexity index is 1120. The summed E-state index contributed by atoms with van der Waals surface area (Å²) < 4.78 is 27.6. The van der Waals surface area contributed by atoms with E-state index in [2.05, 4.69) is 0 Å². The van der Waals surface area contributed by atoms with Gasteiger partial charge < -0.3 is 49.2 Å². The second kappa shape index (κ2) is 10.2. The fourth-order valence-electron chi connectivity index (χ4n) is 4.89. The van der Waals surface area contributed by atoms with Crippen LogP contribution in [0.1, 0.15) is 5.56 Å². The van der Waals surface area contributed by atoms with Crippen LogP contribution >= 0.6 is 0 Å². The number of hydrogen-bond donors (Lipinski definition) is 5. The van der Waals surface area contributed by atoms with E-state index in [-0.39, 0.29) is 17.9 Å². The Morgan fingerprint density at radius 3 is 2.51 bits per heavy atom. The highest BCUT2D eigenvalue weighted by atomic mass is 16.8. The molecular formula is C25H26O12. The zero-order chi connectivity index (χ0) is 26.3. The summed E-state index contributed by atoms with van der Waals surface area (Å²) in [5.74, 6) is -2.23. The van der Waals surface area contributed by atoms with Gasteiger partial charge in [-0.3, -0.25) is 0 Å². The molecule has 0 amide bonds. The molecule has 1 aromatic rings. The predicted octanol–water partition coefficient (Wildman–Crippen LogP) is -0.897. The summed E-state index contributed by atoms with van der Waals surface area (Å²) in [4.78, 5) is 24.5. The number of phenolic OH excluding ortho intramolecular Hbond substituents is 1. The molecule has 3 heterocycles. The van der Waals surface area contributed by atoms with Gasteiger partial charge in [-0.2, -0.15) is 0 Å². The number of hydrogen-bond acceptors (Lipinski definition) is 12. The van der Waals surface area contributed by atoms with Crippen LogP contribution in [0.15, 0.2) is 53.8 Å². The van der Waals surface area contributed by atoms with Crippen LogP contribution in [0.25, 0.3) is 6.08 Å². The van der Waals surface area contributed by atoms with E-state index in [0.717, 1.165) is 0 Å². The van der Waals surface area contributed by atoms with E-state index in [1.165, 1.54) is 30.5 Å². The number of carbonyl (C=O) groups is 2. The molecule has 5 N–H and O–H groups in total. The molecule has 0 aromatic heterocycles. The molecule has 1 aliphatic carbocycles. The minimum atomic E-state index is -1.65. The van der Waals surface area contributed by atoms with Crippen molar-refractivity contribution >= 4 is 18.0 Å². The second-order valence-electron chi connectivity index (χ2n) is 9.11. The molecule has 1 unspecified atom stereocenters. The third kappa shape index (κ3) is 4.87. The number of ether oxygens (including phenoxy) is 5. The Morgan fingerprint density at radius 2 is 1.78 bits per heavy atom. The number of aliphatic hydroxyl groups is 4. The minimum absolute atomic E-state index is 0.0998. The summed E-state index contributed by atoms with van der Waals surface area (Å²) in [5.41, 5.74) is 1.52. The zero-order valence-electron chi connectivity index (χ0n) is 19.3. The quantitative estimate of drug-likeness (QED) is 0.171. The minimum Gasteiger partial charge on any atom is -0.508 e.